The van der Waals surface area contributed by atoms with Gasteiger partial charge in [-0.1, -0.05) is 37.3 Å². The van der Waals surface area contributed by atoms with Gasteiger partial charge >= 0.3 is 0 Å². The number of amides is 2. The molecule has 0 fully saturated rings. The number of hydrogen-bond donors (Lipinski definition) is 2. The maximum absolute atomic E-state index is 12.3. The number of carbonyl (C=O) groups is 2. The lowest BCUT2D eigenvalue weighted by molar-refractivity contribution is -0.117. The van der Waals surface area contributed by atoms with E-state index in [0.717, 1.165) is 19.5 Å². The van der Waals surface area contributed by atoms with Crippen LogP contribution >= 0.6 is 11.3 Å². The van der Waals surface area contributed by atoms with Crippen LogP contribution in [0.25, 0.3) is 0 Å². The molecule has 0 spiro atoms. The highest BCUT2D eigenvalue weighted by molar-refractivity contribution is 7.14. The molecule has 0 saturated carbocycles. The molecule has 0 aliphatic rings. The summed E-state index contributed by atoms with van der Waals surface area (Å²) in [5, 5.41) is 5.04. The van der Waals surface area contributed by atoms with Crippen LogP contribution in [-0.2, 0) is 11.3 Å². The van der Waals surface area contributed by atoms with Gasteiger partial charge in [-0.05, 0) is 30.0 Å². The molecule has 23 heavy (non-hydrogen) atoms. The molecular weight excluding hydrogens is 310 g/mol. The zero-order chi connectivity index (χ0) is 16.7. The van der Waals surface area contributed by atoms with Crippen LogP contribution in [-0.4, -0.2) is 29.8 Å². The second-order valence-electron chi connectivity index (χ2n) is 5.27. The lowest BCUT2D eigenvalue weighted by Crippen LogP contribution is -2.33. The molecule has 1 aromatic heterocycles. The van der Waals surface area contributed by atoms with E-state index in [-0.39, 0.29) is 12.5 Å². The average molecular weight is 331 g/mol. The number of rotatable bonds is 8. The summed E-state index contributed by atoms with van der Waals surface area (Å²) in [5.74, 6) is -0.671. The van der Waals surface area contributed by atoms with E-state index < -0.39 is 5.91 Å². The molecule has 0 saturated heterocycles. The monoisotopic (exact) mass is 331 g/mol. The SMILES string of the molecule is CCCN(CC(=O)Nc1sccc1C(N)=O)Cc1ccccc1. The predicted octanol–water partition coefficient (Wildman–Crippen LogP) is 2.70. The van der Waals surface area contributed by atoms with Gasteiger partial charge in [0.2, 0.25) is 5.91 Å². The molecule has 0 unspecified atom stereocenters. The van der Waals surface area contributed by atoms with Gasteiger partial charge in [-0.15, -0.1) is 11.3 Å². The molecule has 5 nitrogen and oxygen atoms in total. The Bertz CT molecular complexity index is 655. The Morgan fingerprint density at radius 2 is 1.96 bits per heavy atom. The Balaban J connectivity index is 1.97. The van der Waals surface area contributed by atoms with Crippen LogP contribution in [0.1, 0.15) is 29.3 Å². The van der Waals surface area contributed by atoms with Crippen molar-refractivity contribution in [1.82, 2.24) is 4.90 Å². The molecule has 2 amide bonds. The van der Waals surface area contributed by atoms with Crippen molar-refractivity contribution in [1.29, 1.82) is 0 Å². The normalized spacial score (nSPS) is 10.7. The Hall–Kier alpha value is -2.18. The van der Waals surface area contributed by atoms with Crippen molar-refractivity contribution in [3.8, 4) is 0 Å². The molecule has 3 N–H and O–H groups in total. The molecule has 6 heteroatoms. The summed E-state index contributed by atoms with van der Waals surface area (Å²) in [5.41, 5.74) is 6.82. The standard InChI is InChI=1S/C17H21N3O2S/c1-2-9-20(11-13-6-4-3-5-7-13)12-15(21)19-17-14(16(18)22)8-10-23-17/h3-8,10H,2,9,11-12H2,1H3,(H2,18,22)(H,19,21). The van der Waals surface area contributed by atoms with Crippen LogP contribution in [0.5, 0.6) is 0 Å². The van der Waals surface area contributed by atoms with Crippen molar-refractivity contribution in [2.24, 2.45) is 5.73 Å². The number of nitrogens with two attached hydrogens (primary N) is 1. The molecule has 1 aromatic carbocycles. The second kappa shape index (κ2) is 8.45. The first-order chi connectivity index (χ1) is 11.1. The first-order valence-corrected chi connectivity index (χ1v) is 8.41. The molecule has 2 aromatic rings. The van der Waals surface area contributed by atoms with E-state index in [1.807, 2.05) is 30.3 Å². The number of nitrogens with zero attached hydrogens (tertiary/aromatic N) is 1. The third-order valence-corrected chi connectivity index (χ3v) is 4.17. The highest BCUT2D eigenvalue weighted by Crippen LogP contribution is 2.22. The molecule has 1 heterocycles. The summed E-state index contributed by atoms with van der Waals surface area (Å²) in [6, 6.07) is 11.7. The summed E-state index contributed by atoms with van der Waals surface area (Å²) in [6.45, 7) is 3.91. The lowest BCUT2D eigenvalue weighted by atomic mass is 10.2. The number of anilines is 1. The zero-order valence-electron chi connectivity index (χ0n) is 13.1. The van der Waals surface area contributed by atoms with Gasteiger partial charge in [-0.3, -0.25) is 14.5 Å². The van der Waals surface area contributed by atoms with Gasteiger partial charge in [0.15, 0.2) is 0 Å². The minimum Gasteiger partial charge on any atom is -0.366 e. The van der Waals surface area contributed by atoms with Gasteiger partial charge in [0.1, 0.15) is 5.00 Å². The lowest BCUT2D eigenvalue weighted by Gasteiger charge is -2.21. The third kappa shape index (κ3) is 5.19. The van der Waals surface area contributed by atoms with E-state index in [0.29, 0.717) is 10.6 Å². The number of carbonyl (C=O) groups excluding carboxylic acids is 2. The van der Waals surface area contributed by atoms with Crippen molar-refractivity contribution in [3.63, 3.8) is 0 Å². The van der Waals surface area contributed by atoms with Crippen molar-refractivity contribution < 1.29 is 9.59 Å². The largest absolute Gasteiger partial charge is 0.366 e. The van der Waals surface area contributed by atoms with Gasteiger partial charge in [0.05, 0.1) is 12.1 Å². The predicted molar refractivity (Wildman–Crippen MR) is 93.5 cm³/mol. The third-order valence-electron chi connectivity index (χ3n) is 3.34. The maximum atomic E-state index is 12.3. The second-order valence-corrected chi connectivity index (χ2v) is 6.19. The quantitative estimate of drug-likeness (QED) is 0.781. The zero-order valence-corrected chi connectivity index (χ0v) is 13.9. The summed E-state index contributed by atoms with van der Waals surface area (Å²) in [4.78, 5) is 25.6. The van der Waals surface area contributed by atoms with Gasteiger partial charge in [0.25, 0.3) is 5.91 Å². The summed E-state index contributed by atoms with van der Waals surface area (Å²) < 4.78 is 0. The number of nitrogens with one attached hydrogen (secondary N) is 1. The fraction of sp³-hybridized carbons (Fsp3) is 0.294. The van der Waals surface area contributed by atoms with Crippen molar-refractivity contribution >= 4 is 28.2 Å². The molecule has 0 bridgehead atoms. The highest BCUT2D eigenvalue weighted by Gasteiger charge is 2.15. The Morgan fingerprint density at radius 3 is 2.61 bits per heavy atom. The van der Waals surface area contributed by atoms with Crippen LogP contribution in [0.15, 0.2) is 41.8 Å². The number of thiophene rings is 1. The molecule has 0 atom stereocenters. The van der Waals surface area contributed by atoms with E-state index in [1.165, 1.54) is 16.9 Å². The Labute approximate surface area is 140 Å². The minimum absolute atomic E-state index is 0.140. The van der Waals surface area contributed by atoms with Crippen LogP contribution in [0.3, 0.4) is 0 Å². The van der Waals surface area contributed by atoms with Gasteiger partial charge in [-0.2, -0.15) is 0 Å². The van der Waals surface area contributed by atoms with Gasteiger partial charge in [0, 0.05) is 6.54 Å². The topological polar surface area (TPSA) is 75.4 Å². The van der Waals surface area contributed by atoms with Crippen molar-refractivity contribution in [2.75, 3.05) is 18.4 Å². The first kappa shape index (κ1) is 17.2. The summed E-state index contributed by atoms with van der Waals surface area (Å²) >= 11 is 1.30. The van der Waals surface area contributed by atoms with Crippen LogP contribution in [0.2, 0.25) is 0 Å². The fourth-order valence-electron chi connectivity index (χ4n) is 2.34. The number of hydrogen-bond acceptors (Lipinski definition) is 4. The first-order valence-electron chi connectivity index (χ1n) is 7.53. The smallest absolute Gasteiger partial charge is 0.251 e. The maximum Gasteiger partial charge on any atom is 0.251 e. The van der Waals surface area contributed by atoms with E-state index in [9.17, 15) is 9.59 Å². The molecular formula is C17H21N3O2S. The number of benzene rings is 1. The number of primary amides is 1. The van der Waals surface area contributed by atoms with Crippen molar-refractivity contribution in [2.45, 2.75) is 19.9 Å². The van der Waals surface area contributed by atoms with Gasteiger partial charge in [-0.25, -0.2) is 0 Å². The van der Waals surface area contributed by atoms with Crippen LogP contribution in [0, 0.1) is 0 Å². The molecule has 0 aliphatic heterocycles. The van der Waals surface area contributed by atoms with E-state index in [2.05, 4.69) is 17.1 Å². The fourth-order valence-corrected chi connectivity index (χ4v) is 3.15. The van der Waals surface area contributed by atoms with E-state index in [1.54, 1.807) is 11.4 Å². The molecule has 122 valence electrons. The van der Waals surface area contributed by atoms with E-state index in [4.69, 9.17) is 5.73 Å². The summed E-state index contributed by atoms with van der Waals surface area (Å²) in [6.07, 6.45) is 0.964. The Morgan fingerprint density at radius 1 is 1.22 bits per heavy atom. The Kier molecular flexibility index (Phi) is 6.31. The van der Waals surface area contributed by atoms with E-state index >= 15 is 0 Å². The molecule has 0 aliphatic carbocycles. The average Bonchev–Trinajstić information content (AvgIpc) is 2.96. The van der Waals surface area contributed by atoms with Gasteiger partial charge < -0.3 is 11.1 Å². The highest BCUT2D eigenvalue weighted by atomic mass is 32.1. The molecule has 2 rings (SSSR count). The summed E-state index contributed by atoms with van der Waals surface area (Å²) in [7, 11) is 0. The van der Waals surface area contributed by atoms with Crippen molar-refractivity contribution in [3.05, 3.63) is 52.9 Å². The van der Waals surface area contributed by atoms with Crippen LogP contribution < -0.4 is 11.1 Å². The van der Waals surface area contributed by atoms with Crippen LogP contribution in [0.4, 0.5) is 5.00 Å². The minimum atomic E-state index is -0.531. The molecule has 0 radical (unpaired) electrons.